The summed E-state index contributed by atoms with van der Waals surface area (Å²) in [6, 6.07) is 3.80. The molecule has 4 nitrogen and oxygen atoms in total. The van der Waals surface area contributed by atoms with E-state index in [1.54, 1.807) is 6.92 Å². The molecule has 2 rings (SSSR count). The van der Waals surface area contributed by atoms with Crippen molar-refractivity contribution in [2.45, 2.75) is 38.4 Å². The molecule has 1 heterocycles. The Balaban J connectivity index is 1.76. The summed E-state index contributed by atoms with van der Waals surface area (Å²) in [5.41, 5.74) is 0. The number of hydrogen-bond acceptors (Lipinski definition) is 3. The zero-order chi connectivity index (χ0) is 15.2. The monoisotopic (exact) mass is 315 g/mol. The van der Waals surface area contributed by atoms with Gasteiger partial charge in [-0.3, -0.25) is 4.79 Å². The predicted molar refractivity (Wildman–Crippen MR) is 78.1 cm³/mol. The van der Waals surface area contributed by atoms with Gasteiger partial charge in [0, 0.05) is 13.2 Å². The zero-order valence-electron chi connectivity index (χ0n) is 11.9. The highest BCUT2D eigenvalue weighted by Gasteiger charge is 2.18. The minimum atomic E-state index is -0.697. The molecule has 1 saturated heterocycles. The Bertz CT molecular complexity index is 492. The van der Waals surface area contributed by atoms with E-state index >= 15 is 0 Å². The molecule has 116 valence electrons. The normalized spacial score (nSPS) is 19.3. The maximum Gasteiger partial charge on any atom is 0.260 e. The summed E-state index contributed by atoms with van der Waals surface area (Å²) in [5.74, 6) is -0.380. The third-order valence-electron chi connectivity index (χ3n) is 3.36. The van der Waals surface area contributed by atoms with E-state index in [1.807, 2.05) is 0 Å². The van der Waals surface area contributed by atoms with Gasteiger partial charge in [0.1, 0.15) is 11.6 Å². The Morgan fingerprint density at radius 3 is 3.10 bits per heavy atom. The molecule has 0 saturated carbocycles. The van der Waals surface area contributed by atoms with Crippen LogP contribution in [-0.4, -0.2) is 31.3 Å². The largest absolute Gasteiger partial charge is 0.479 e. The molecular formula is C15H19ClFNO3. The quantitative estimate of drug-likeness (QED) is 0.878. The molecule has 0 aromatic heterocycles. The summed E-state index contributed by atoms with van der Waals surface area (Å²) in [7, 11) is 0. The van der Waals surface area contributed by atoms with Gasteiger partial charge < -0.3 is 14.8 Å². The van der Waals surface area contributed by atoms with Crippen molar-refractivity contribution in [2.75, 3.05) is 13.2 Å². The average Bonchev–Trinajstić information content (AvgIpc) is 2.95. The van der Waals surface area contributed by atoms with E-state index in [4.69, 9.17) is 21.1 Å². The fraction of sp³-hybridized carbons (Fsp3) is 0.533. The summed E-state index contributed by atoms with van der Waals surface area (Å²) < 4.78 is 23.9. The number of amides is 1. The maximum atomic E-state index is 12.9. The molecule has 1 N–H and O–H groups in total. The highest BCUT2D eigenvalue weighted by molar-refractivity contribution is 6.32. The summed E-state index contributed by atoms with van der Waals surface area (Å²) in [6.45, 7) is 2.98. The van der Waals surface area contributed by atoms with Crippen LogP contribution in [0.3, 0.4) is 0 Å². The number of carbonyl (C=O) groups excluding carboxylic acids is 1. The average molecular weight is 316 g/mol. The van der Waals surface area contributed by atoms with Crippen LogP contribution in [-0.2, 0) is 9.53 Å². The molecule has 1 fully saturated rings. The molecule has 21 heavy (non-hydrogen) atoms. The summed E-state index contributed by atoms with van der Waals surface area (Å²) in [6.07, 6.45) is 2.48. The fourth-order valence-electron chi connectivity index (χ4n) is 2.19. The van der Waals surface area contributed by atoms with Crippen molar-refractivity contribution in [1.82, 2.24) is 5.32 Å². The van der Waals surface area contributed by atoms with Gasteiger partial charge in [-0.25, -0.2) is 4.39 Å². The molecular weight excluding hydrogens is 297 g/mol. The van der Waals surface area contributed by atoms with E-state index in [0.717, 1.165) is 31.9 Å². The number of rotatable bonds is 6. The molecule has 6 heteroatoms. The second kappa shape index (κ2) is 7.61. The SMILES string of the molecule is C[C@H](Oc1ccc(F)cc1Cl)C(=O)NCC[C@H]1CCCO1. The number of carbonyl (C=O) groups is 1. The minimum absolute atomic E-state index is 0.147. The first kappa shape index (κ1) is 16.0. The Labute approximate surface area is 128 Å². The first-order valence-corrected chi connectivity index (χ1v) is 7.45. The van der Waals surface area contributed by atoms with Crippen molar-refractivity contribution >= 4 is 17.5 Å². The molecule has 1 aromatic rings. The van der Waals surface area contributed by atoms with Crippen molar-refractivity contribution in [3.63, 3.8) is 0 Å². The van der Waals surface area contributed by atoms with Gasteiger partial charge in [0.05, 0.1) is 11.1 Å². The van der Waals surface area contributed by atoms with Crippen LogP contribution >= 0.6 is 11.6 Å². The van der Waals surface area contributed by atoms with E-state index in [9.17, 15) is 9.18 Å². The fourth-order valence-corrected chi connectivity index (χ4v) is 2.40. The standard InChI is InChI=1S/C15H19ClFNO3/c1-10(21-14-5-4-11(17)9-13(14)16)15(19)18-7-6-12-3-2-8-20-12/h4-5,9-10,12H,2-3,6-8H2,1H3,(H,18,19)/t10-,12+/m0/s1. The van der Waals surface area contributed by atoms with Gasteiger partial charge in [-0.2, -0.15) is 0 Å². The lowest BCUT2D eigenvalue weighted by Crippen LogP contribution is -2.37. The lowest BCUT2D eigenvalue weighted by atomic mass is 10.2. The number of halogens is 2. The minimum Gasteiger partial charge on any atom is -0.479 e. The molecule has 0 bridgehead atoms. The van der Waals surface area contributed by atoms with Crippen LogP contribution in [0.5, 0.6) is 5.75 Å². The Kier molecular flexibility index (Phi) is 5.82. The Morgan fingerprint density at radius 1 is 1.62 bits per heavy atom. The number of nitrogens with one attached hydrogen (secondary N) is 1. The van der Waals surface area contributed by atoms with Crippen LogP contribution in [0.4, 0.5) is 4.39 Å². The third-order valence-corrected chi connectivity index (χ3v) is 3.65. The predicted octanol–water partition coefficient (Wildman–Crippen LogP) is 2.93. The Hall–Kier alpha value is -1.33. The lowest BCUT2D eigenvalue weighted by molar-refractivity contribution is -0.127. The van der Waals surface area contributed by atoms with Crippen molar-refractivity contribution < 1.29 is 18.7 Å². The van der Waals surface area contributed by atoms with Crippen LogP contribution in [0.1, 0.15) is 26.2 Å². The van der Waals surface area contributed by atoms with E-state index in [1.165, 1.54) is 12.1 Å². The smallest absolute Gasteiger partial charge is 0.260 e. The van der Waals surface area contributed by atoms with Crippen molar-refractivity contribution in [3.8, 4) is 5.75 Å². The van der Waals surface area contributed by atoms with Crippen molar-refractivity contribution in [3.05, 3.63) is 29.0 Å². The van der Waals surface area contributed by atoms with Gasteiger partial charge in [-0.05, 0) is 44.4 Å². The molecule has 1 aliphatic heterocycles. The van der Waals surface area contributed by atoms with Gasteiger partial charge in [-0.1, -0.05) is 11.6 Å². The highest BCUT2D eigenvalue weighted by Crippen LogP contribution is 2.25. The van der Waals surface area contributed by atoms with Crippen LogP contribution in [0.25, 0.3) is 0 Å². The zero-order valence-corrected chi connectivity index (χ0v) is 12.7. The molecule has 0 spiro atoms. The van der Waals surface area contributed by atoms with Crippen LogP contribution < -0.4 is 10.1 Å². The maximum absolute atomic E-state index is 12.9. The Morgan fingerprint density at radius 2 is 2.43 bits per heavy atom. The van der Waals surface area contributed by atoms with Crippen molar-refractivity contribution in [2.24, 2.45) is 0 Å². The summed E-state index contributed by atoms with van der Waals surface area (Å²) >= 11 is 5.86. The first-order chi connectivity index (χ1) is 10.1. The van der Waals surface area contributed by atoms with Crippen LogP contribution in [0, 0.1) is 5.82 Å². The second-order valence-corrected chi connectivity index (χ2v) is 5.46. The molecule has 0 radical (unpaired) electrons. The van der Waals surface area contributed by atoms with E-state index in [-0.39, 0.29) is 17.0 Å². The van der Waals surface area contributed by atoms with Gasteiger partial charge in [0.25, 0.3) is 5.91 Å². The number of ether oxygens (including phenoxy) is 2. The lowest BCUT2D eigenvalue weighted by Gasteiger charge is -2.16. The summed E-state index contributed by atoms with van der Waals surface area (Å²) in [5, 5.41) is 2.95. The second-order valence-electron chi connectivity index (χ2n) is 5.05. The van der Waals surface area contributed by atoms with E-state index < -0.39 is 11.9 Å². The van der Waals surface area contributed by atoms with E-state index in [2.05, 4.69) is 5.32 Å². The molecule has 2 atom stereocenters. The van der Waals surface area contributed by atoms with Gasteiger partial charge in [-0.15, -0.1) is 0 Å². The topological polar surface area (TPSA) is 47.6 Å². The van der Waals surface area contributed by atoms with E-state index in [0.29, 0.717) is 12.3 Å². The molecule has 1 aliphatic rings. The third kappa shape index (κ3) is 4.86. The van der Waals surface area contributed by atoms with Gasteiger partial charge in [0.15, 0.2) is 6.10 Å². The number of hydrogen-bond donors (Lipinski definition) is 1. The van der Waals surface area contributed by atoms with Crippen LogP contribution in [0.15, 0.2) is 18.2 Å². The van der Waals surface area contributed by atoms with Crippen LogP contribution in [0.2, 0.25) is 5.02 Å². The highest BCUT2D eigenvalue weighted by atomic mass is 35.5. The van der Waals surface area contributed by atoms with Crippen molar-refractivity contribution in [1.29, 1.82) is 0 Å². The molecule has 0 unspecified atom stereocenters. The molecule has 1 aromatic carbocycles. The van der Waals surface area contributed by atoms with Gasteiger partial charge in [0.2, 0.25) is 0 Å². The number of benzene rings is 1. The molecule has 1 amide bonds. The molecule has 0 aliphatic carbocycles. The summed E-state index contributed by atoms with van der Waals surface area (Å²) in [4.78, 5) is 11.9. The first-order valence-electron chi connectivity index (χ1n) is 7.07. The van der Waals surface area contributed by atoms with Gasteiger partial charge >= 0.3 is 0 Å².